The topological polar surface area (TPSA) is 37.8 Å². The minimum atomic E-state index is 0.530. The van der Waals surface area contributed by atoms with Crippen molar-refractivity contribution in [2.24, 2.45) is 0 Å². The van der Waals surface area contributed by atoms with Crippen LogP contribution in [0.1, 0.15) is 44.3 Å². The molecule has 0 unspecified atom stereocenters. The summed E-state index contributed by atoms with van der Waals surface area (Å²) < 4.78 is 0.963. The van der Waals surface area contributed by atoms with Gasteiger partial charge < -0.3 is 5.32 Å². The molecule has 1 aliphatic rings. The van der Waals surface area contributed by atoms with Gasteiger partial charge in [0.1, 0.15) is 11.6 Å². The number of nitrogens with one attached hydrogen (secondary N) is 1. The van der Waals surface area contributed by atoms with E-state index < -0.39 is 0 Å². The molecule has 4 heteroatoms. The average molecular weight is 346 g/mol. The molecule has 1 aromatic heterocycles. The van der Waals surface area contributed by atoms with Crippen LogP contribution in [0, 0.1) is 0 Å². The molecule has 3 rings (SSSR count). The maximum Gasteiger partial charge on any atom is 0.144 e. The Morgan fingerprint density at radius 1 is 1.19 bits per heavy atom. The number of halogens is 1. The summed E-state index contributed by atoms with van der Waals surface area (Å²) in [5, 5.41) is 3.42. The lowest BCUT2D eigenvalue weighted by atomic mass is 9.85. The Labute approximate surface area is 134 Å². The second-order valence-corrected chi connectivity index (χ2v) is 6.31. The van der Waals surface area contributed by atoms with Crippen molar-refractivity contribution in [1.29, 1.82) is 0 Å². The highest BCUT2D eigenvalue weighted by Gasteiger charge is 2.25. The number of aromatic nitrogens is 2. The van der Waals surface area contributed by atoms with Crippen molar-refractivity contribution in [3.05, 3.63) is 40.6 Å². The van der Waals surface area contributed by atoms with E-state index in [1.54, 1.807) is 0 Å². The number of hydrogen-bond acceptors (Lipinski definition) is 3. The molecule has 3 nitrogen and oxygen atoms in total. The molecule has 0 atom stereocenters. The van der Waals surface area contributed by atoms with Gasteiger partial charge in [0.2, 0.25) is 0 Å². The van der Waals surface area contributed by atoms with Gasteiger partial charge in [0.15, 0.2) is 0 Å². The normalized spacial score (nSPS) is 14.8. The molecule has 1 heterocycles. The largest absolute Gasteiger partial charge is 0.369 e. The van der Waals surface area contributed by atoms with Crippen molar-refractivity contribution >= 4 is 21.7 Å². The van der Waals surface area contributed by atoms with Gasteiger partial charge in [-0.2, -0.15) is 0 Å². The van der Waals surface area contributed by atoms with Crippen LogP contribution in [0.2, 0.25) is 0 Å². The highest BCUT2D eigenvalue weighted by Crippen LogP contribution is 2.38. The molecule has 21 heavy (non-hydrogen) atoms. The molecule has 0 radical (unpaired) electrons. The maximum absolute atomic E-state index is 4.84. The number of benzene rings is 1. The van der Waals surface area contributed by atoms with Crippen LogP contribution in [0.3, 0.4) is 0 Å². The highest BCUT2D eigenvalue weighted by atomic mass is 79.9. The van der Waals surface area contributed by atoms with Crippen LogP contribution in [-0.2, 0) is 0 Å². The standard InChI is InChI=1S/C17H20BrN3/c1-2-11-19-17-14(18)15(12-7-4-3-5-8-12)20-16(21-17)13-9-6-10-13/h3-5,7-8,13H,2,6,9-11H2,1H3,(H,19,20,21). The molecule has 1 fully saturated rings. The van der Waals surface area contributed by atoms with Gasteiger partial charge in [-0.15, -0.1) is 0 Å². The lowest BCUT2D eigenvalue weighted by Crippen LogP contribution is -2.15. The fourth-order valence-electron chi connectivity index (χ4n) is 2.46. The predicted molar refractivity (Wildman–Crippen MR) is 90.5 cm³/mol. The summed E-state index contributed by atoms with van der Waals surface area (Å²) in [6.45, 7) is 3.08. The summed E-state index contributed by atoms with van der Waals surface area (Å²) in [5.41, 5.74) is 2.12. The van der Waals surface area contributed by atoms with Gasteiger partial charge in [-0.05, 0) is 35.2 Å². The molecule has 0 bridgehead atoms. The molecule has 0 saturated heterocycles. The van der Waals surface area contributed by atoms with E-state index in [4.69, 9.17) is 9.97 Å². The zero-order valence-electron chi connectivity index (χ0n) is 12.3. The molecule has 0 aliphatic heterocycles. The van der Waals surface area contributed by atoms with E-state index in [9.17, 15) is 0 Å². The Hall–Kier alpha value is -1.42. The van der Waals surface area contributed by atoms with E-state index in [-0.39, 0.29) is 0 Å². The molecular weight excluding hydrogens is 326 g/mol. The van der Waals surface area contributed by atoms with Crippen LogP contribution in [0.15, 0.2) is 34.8 Å². The molecule has 0 spiro atoms. The molecule has 2 aromatic rings. The van der Waals surface area contributed by atoms with E-state index >= 15 is 0 Å². The smallest absolute Gasteiger partial charge is 0.144 e. The fourth-order valence-corrected chi connectivity index (χ4v) is 3.01. The van der Waals surface area contributed by atoms with Gasteiger partial charge in [-0.1, -0.05) is 43.7 Å². The van der Waals surface area contributed by atoms with Crippen LogP contribution in [0.5, 0.6) is 0 Å². The van der Waals surface area contributed by atoms with Crippen molar-refractivity contribution < 1.29 is 0 Å². The van der Waals surface area contributed by atoms with Gasteiger partial charge in [-0.25, -0.2) is 9.97 Å². The van der Waals surface area contributed by atoms with E-state index in [1.165, 1.54) is 19.3 Å². The van der Waals surface area contributed by atoms with Gasteiger partial charge >= 0.3 is 0 Å². The quantitative estimate of drug-likeness (QED) is 0.828. The molecule has 1 saturated carbocycles. The van der Waals surface area contributed by atoms with Crippen molar-refractivity contribution in [3.63, 3.8) is 0 Å². The van der Waals surface area contributed by atoms with E-state index in [0.717, 1.165) is 40.3 Å². The Morgan fingerprint density at radius 3 is 2.57 bits per heavy atom. The molecule has 1 aromatic carbocycles. The van der Waals surface area contributed by atoms with Crippen molar-refractivity contribution in [3.8, 4) is 11.3 Å². The van der Waals surface area contributed by atoms with Crippen molar-refractivity contribution in [1.82, 2.24) is 9.97 Å². The van der Waals surface area contributed by atoms with E-state index in [1.807, 2.05) is 18.2 Å². The van der Waals surface area contributed by atoms with Crippen molar-refractivity contribution in [2.45, 2.75) is 38.5 Å². The van der Waals surface area contributed by atoms with E-state index in [0.29, 0.717) is 5.92 Å². The van der Waals surface area contributed by atoms with Gasteiger partial charge in [0.05, 0.1) is 10.2 Å². The average Bonchev–Trinajstić information content (AvgIpc) is 2.46. The monoisotopic (exact) mass is 345 g/mol. The predicted octanol–water partition coefficient (Wildman–Crippen LogP) is 5.00. The van der Waals surface area contributed by atoms with Crippen LogP contribution in [0.4, 0.5) is 5.82 Å². The molecule has 1 aliphatic carbocycles. The Bertz CT molecular complexity index is 609. The third kappa shape index (κ3) is 3.10. The van der Waals surface area contributed by atoms with Gasteiger partial charge in [0.25, 0.3) is 0 Å². The third-order valence-electron chi connectivity index (χ3n) is 3.93. The van der Waals surface area contributed by atoms with E-state index in [2.05, 4.69) is 40.3 Å². The summed E-state index contributed by atoms with van der Waals surface area (Å²) in [6, 6.07) is 10.3. The Kier molecular flexibility index (Phi) is 4.54. The first-order valence-electron chi connectivity index (χ1n) is 7.66. The van der Waals surface area contributed by atoms with Gasteiger partial charge in [-0.3, -0.25) is 0 Å². The summed E-state index contributed by atoms with van der Waals surface area (Å²) >= 11 is 3.68. The minimum absolute atomic E-state index is 0.530. The Balaban J connectivity index is 2.04. The molecular formula is C17H20BrN3. The SMILES string of the molecule is CCCNc1nc(C2CCC2)nc(-c2ccccc2)c1Br. The highest BCUT2D eigenvalue weighted by molar-refractivity contribution is 9.10. The molecule has 0 amide bonds. The Morgan fingerprint density at radius 2 is 1.95 bits per heavy atom. The van der Waals surface area contributed by atoms with Crippen LogP contribution >= 0.6 is 15.9 Å². The number of rotatable bonds is 5. The first kappa shape index (κ1) is 14.5. The lowest BCUT2D eigenvalue weighted by molar-refractivity contribution is 0.402. The molecule has 1 N–H and O–H groups in total. The number of nitrogens with zero attached hydrogens (tertiary/aromatic N) is 2. The van der Waals surface area contributed by atoms with Crippen molar-refractivity contribution in [2.75, 3.05) is 11.9 Å². The maximum atomic E-state index is 4.84. The summed E-state index contributed by atoms with van der Waals surface area (Å²) in [6.07, 6.45) is 4.80. The fraction of sp³-hybridized carbons (Fsp3) is 0.412. The summed E-state index contributed by atoms with van der Waals surface area (Å²) in [4.78, 5) is 9.58. The summed E-state index contributed by atoms with van der Waals surface area (Å²) in [5.74, 6) is 2.44. The van der Waals surface area contributed by atoms with Crippen LogP contribution in [-0.4, -0.2) is 16.5 Å². The third-order valence-corrected chi connectivity index (χ3v) is 4.68. The number of hydrogen-bond donors (Lipinski definition) is 1. The first-order valence-corrected chi connectivity index (χ1v) is 8.45. The lowest BCUT2D eigenvalue weighted by Gasteiger charge is -2.25. The zero-order chi connectivity index (χ0) is 14.7. The second kappa shape index (κ2) is 6.56. The number of anilines is 1. The van der Waals surface area contributed by atoms with Crippen LogP contribution in [0.25, 0.3) is 11.3 Å². The molecule has 110 valence electrons. The first-order chi connectivity index (χ1) is 10.3. The second-order valence-electron chi connectivity index (χ2n) is 5.51. The van der Waals surface area contributed by atoms with Gasteiger partial charge in [0, 0.05) is 18.0 Å². The summed E-state index contributed by atoms with van der Waals surface area (Å²) in [7, 11) is 0. The minimum Gasteiger partial charge on any atom is -0.369 e. The van der Waals surface area contributed by atoms with Crippen LogP contribution < -0.4 is 5.32 Å². The zero-order valence-corrected chi connectivity index (χ0v) is 13.9.